The van der Waals surface area contributed by atoms with Crippen LogP contribution in [0.25, 0.3) is 0 Å². The van der Waals surface area contributed by atoms with Gasteiger partial charge in [0.15, 0.2) is 0 Å². The summed E-state index contributed by atoms with van der Waals surface area (Å²) in [5.41, 5.74) is 0.625. The van der Waals surface area contributed by atoms with Crippen LogP contribution in [0.15, 0.2) is 48.5 Å². The van der Waals surface area contributed by atoms with Crippen LogP contribution in [0, 0.1) is 17.7 Å². The van der Waals surface area contributed by atoms with Gasteiger partial charge >= 0.3 is 0 Å². The first-order valence-corrected chi connectivity index (χ1v) is 9.47. The Hall–Kier alpha value is -2.23. The molecule has 1 fully saturated rings. The molecule has 0 aliphatic carbocycles. The van der Waals surface area contributed by atoms with Crippen LogP contribution in [0.3, 0.4) is 0 Å². The molecule has 4 heteroatoms. The molecule has 0 aromatic heterocycles. The molecule has 0 saturated carbocycles. The van der Waals surface area contributed by atoms with Gasteiger partial charge in [0.25, 0.3) is 0 Å². The number of benzene rings is 2. The predicted molar refractivity (Wildman–Crippen MR) is 104 cm³/mol. The quantitative estimate of drug-likeness (QED) is 0.713. The van der Waals surface area contributed by atoms with Gasteiger partial charge in [-0.25, -0.2) is 4.39 Å². The Morgan fingerprint density at radius 1 is 1.12 bits per heavy atom. The van der Waals surface area contributed by atoms with E-state index in [1.165, 1.54) is 6.07 Å². The SMILES string of the molecule is CCOc1ccc(F)c(N2CCC(Oc3ccccc3)C(C(C)C)C2)c1. The van der Waals surface area contributed by atoms with Crippen molar-refractivity contribution in [2.75, 3.05) is 24.6 Å². The second-order valence-corrected chi connectivity index (χ2v) is 7.16. The standard InChI is InChI=1S/C22H28FNO2/c1-4-25-18-10-11-20(23)21(14-18)24-13-12-22(19(15-24)16(2)3)26-17-8-6-5-7-9-17/h5-11,14,16,19,22H,4,12-13,15H2,1-3H3. The summed E-state index contributed by atoms with van der Waals surface area (Å²) in [5.74, 6) is 2.20. The van der Waals surface area contributed by atoms with Gasteiger partial charge in [-0.1, -0.05) is 32.0 Å². The Kier molecular flexibility index (Phi) is 6.02. The molecule has 2 aromatic carbocycles. The lowest BCUT2D eigenvalue weighted by atomic mass is 9.85. The average molecular weight is 357 g/mol. The van der Waals surface area contributed by atoms with Gasteiger partial charge in [-0.05, 0) is 37.1 Å². The molecule has 0 spiro atoms. The van der Waals surface area contributed by atoms with E-state index in [2.05, 4.69) is 18.7 Å². The topological polar surface area (TPSA) is 21.7 Å². The summed E-state index contributed by atoms with van der Waals surface area (Å²) in [6, 6.07) is 15.0. The largest absolute Gasteiger partial charge is 0.494 e. The number of hydrogen-bond acceptors (Lipinski definition) is 3. The van der Waals surface area contributed by atoms with Crippen LogP contribution < -0.4 is 14.4 Å². The van der Waals surface area contributed by atoms with Crippen molar-refractivity contribution in [1.82, 2.24) is 0 Å². The number of nitrogens with zero attached hydrogens (tertiary/aromatic N) is 1. The third-order valence-electron chi connectivity index (χ3n) is 5.05. The van der Waals surface area contributed by atoms with Crippen molar-refractivity contribution in [1.29, 1.82) is 0 Å². The number of piperidine rings is 1. The van der Waals surface area contributed by atoms with Crippen LogP contribution in [0.4, 0.5) is 10.1 Å². The Bertz CT molecular complexity index is 705. The molecule has 0 amide bonds. The fourth-order valence-corrected chi connectivity index (χ4v) is 3.63. The lowest BCUT2D eigenvalue weighted by Crippen LogP contribution is -2.48. The molecule has 2 aromatic rings. The molecule has 26 heavy (non-hydrogen) atoms. The van der Waals surface area contributed by atoms with E-state index in [0.29, 0.717) is 29.9 Å². The summed E-state index contributed by atoms with van der Waals surface area (Å²) < 4.78 is 26.2. The zero-order valence-corrected chi connectivity index (χ0v) is 15.8. The van der Waals surface area contributed by atoms with Gasteiger partial charge in [0.2, 0.25) is 0 Å². The van der Waals surface area contributed by atoms with Gasteiger partial charge < -0.3 is 14.4 Å². The van der Waals surface area contributed by atoms with Crippen LogP contribution in [0.2, 0.25) is 0 Å². The molecule has 2 atom stereocenters. The minimum Gasteiger partial charge on any atom is -0.494 e. The highest BCUT2D eigenvalue weighted by Gasteiger charge is 2.34. The Morgan fingerprint density at radius 3 is 2.58 bits per heavy atom. The first-order valence-electron chi connectivity index (χ1n) is 9.47. The molecule has 1 aliphatic heterocycles. The van der Waals surface area contributed by atoms with Crippen molar-refractivity contribution < 1.29 is 13.9 Å². The molecule has 140 valence electrons. The Labute approximate surface area is 155 Å². The number of ether oxygens (including phenoxy) is 2. The fourth-order valence-electron chi connectivity index (χ4n) is 3.63. The highest BCUT2D eigenvalue weighted by atomic mass is 19.1. The lowest BCUT2D eigenvalue weighted by Gasteiger charge is -2.41. The van der Waals surface area contributed by atoms with E-state index in [-0.39, 0.29) is 11.9 Å². The molecular formula is C22H28FNO2. The molecule has 1 heterocycles. The normalized spacial score (nSPS) is 20.3. The first-order chi connectivity index (χ1) is 12.6. The van der Waals surface area contributed by atoms with Crippen LogP contribution in [-0.4, -0.2) is 25.8 Å². The van der Waals surface area contributed by atoms with Gasteiger partial charge in [-0.2, -0.15) is 0 Å². The maximum atomic E-state index is 14.4. The fraction of sp³-hybridized carbons (Fsp3) is 0.455. The third kappa shape index (κ3) is 4.29. The Balaban J connectivity index is 1.76. The molecule has 0 N–H and O–H groups in total. The van der Waals surface area contributed by atoms with E-state index < -0.39 is 0 Å². The molecule has 1 saturated heterocycles. The summed E-state index contributed by atoms with van der Waals surface area (Å²) in [6.07, 6.45) is 1.02. The van der Waals surface area contributed by atoms with E-state index in [0.717, 1.165) is 25.3 Å². The van der Waals surface area contributed by atoms with Crippen LogP contribution in [0.5, 0.6) is 11.5 Å². The zero-order valence-electron chi connectivity index (χ0n) is 15.8. The number of rotatable bonds is 6. The minimum atomic E-state index is -0.196. The molecule has 0 bridgehead atoms. The van der Waals surface area contributed by atoms with E-state index >= 15 is 0 Å². The van der Waals surface area contributed by atoms with Crippen molar-refractivity contribution in [3.05, 3.63) is 54.3 Å². The molecular weight excluding hydrogens is 329 g/mol. The smallest absolute Gasteiger partial charge is 0.146 e. The van der Waals surface area contributed by atoms with Gasteiger partial charge in [-0.15, -0.1) is 0 Å². The molecule has 0 radical (unpaired) electrons. The molecule has 3 rings (SSSR count). The van der Waals surface area contributed by atoms with Gasteiger partial charge in [0.1, 0.15) is 23.4 Å². The van der Waals surface area contributed by atoms with E-state index in [9.17, 15) is 4.39 Å². The molecule has 2 unspecified atom stereocenters. The summed E-state index contributed by atoms with van der Waals surface area (Å²) in [5, 5.41) is 0. The minimum absolute atomic E-state index is 0.145. The maximum Gasteiger partial charge on any atom is 0.146 e. The second kappa shape index (κ2) is 8.43. The van der Waals surface area contributed by atoms with Crippen molar-refractivity contribution in [2.45, 2.75) is 33.3 Å². The van der Waals surface area contributed by atoms with Crippen molar-refractivity contribution in [2.24, 2.45) is 11.8 Å². The average Bonchev–Trinajstić information content (AvgIpc) is 2.64. The van der Waals surface area contributed by atoms with Crippen LogP contribution >= 0.6 is 0 Å². The van der Waals surface area contributed by atoms with Gasteiger partial charge in [-0.3, -0.25) is 0 Å². The van der Waals surface area contributed by atoms with E-state index in [4.69, 9.17) is 9.47 Å². The molecule has 3 nitrogen and oxygen atoms in total. The Morgan fingerprint density at radius 2 is 1.88 bits per heavy atom. The van der Waals surface area contributed by atoms with E-state index in [1.807, 2.05) is 43.3 Å². The van der Waals surface area contributed by atoms with Crippen LogP contribution in [0.1, 0.15) is 27.2 Å². The zero-order chi connectivity index (χ0) is 18.5. The maximum absolute atomic E-state index is 14.4. The second-order valence-electron chi connectivity index (χ2n) is 7.16. The number of halogens is 1. The predicted octanol–water partition coefficient (Wildman–Crippen LogP) is 5.15. The monoisotopic (exact) mass is 357 g/mol. The van der Waals surface area contributed by atoms with Crippen LogP contribution in [-0.2, 0) is 0 Å². The lowest BCUT2D eigenvalue weighted by molar-refractivity contribution is 0.0854. The summed E-state index contributed by atoms with van der Waals surface area (Å²) >= 11 is 0. The summed E-state index contributed by atoms with van der Waals surface area (Å²) in [6.45, 7) is 8.48. The number of anilines is 1. The van der Waals surface area contributed by atoms with E-state index in [1.54, 1.807) is 6.07 Å². The van der Waals surface area contributed by atoms with Crippen molar-refractivity contribution in [3.63, 3.8) is 0 Å². The number of hydrogen-bond donors (Lipinski definition) is 0. The summed E-state index contributed by atoms with van der Waals surface area (Å²) in [7, 11) is 0. The van der Waals surface area contributed by atoms with Crippen molar-refractivity contribution >= 4 is 5.69 Å². The van der Waals surface area contributed by atoms with Gasteiger partial charge in [0, 0.05) is 31.5 Å². The highest BCUT2D eigenvalue weighted by Crippen LogP contribution is 2.33. The highest BCUT2D eigenvalue weighted by molar-refractivity contribution is 5.52. The number of para-hydroxylation sites is 1. The molecule has 1 aliphatic rings. The first kappa shape index (κ1) is 18.6. The van der Waals surface area contributed by atoms with Crippen molar-refractivity contribution in [3.8, 4) is 11.5 Å². The van der Waals surface area contributed by atoms with Gasteiger partial charge in [0.05, 0.1) is 12.3 Å². The summed E-state index contributed by atoms with van der Waals surface area (Å²) in [4.78, 5) is 2.13. The third-order valence-corrected chi connectivity index (χ3v) is 5.05.